The molecule has 0 aromatic heterocycles. The van der Waals surface area contributed by atoms with Crippen molar-refractivity contribution in [2.45, 2.75) is 11.8 Å². The van der Waals surface area contributed by atoms with Crippen LogP contribution < -0.4 is 0 Å². The number of nitrogens with zero attached hydrogens (tertiary/aromatic N) is 1. The zero-order chi connectivity index (χ0) is 12.2. The third-order valence-corrected chi connectivity index (χ3v) is 4.78. The van der Waals surface area contributed by atoms with Crippen LogP contribution in [0.3, 0.4) is 0 Å². The molecule has 0 atom stereocenters. The molecule has 1 rings (SSSR count). The minimum atomic E-state index is -3.53. The number of benzene rings is 1. The molecule has 0 spiro atoms. The molecule has 1 aromatic carbocycles. The van der Waals surface area contributed by atoms with Crippen molar-refractivity contribution in [3.8, 4) is 0 Å². The number of hydrogen-bond donors (Lipinski definition) is 0. The van der Waals surface area contributed by atoms with Crippen LogP contribution in [0.25, 0.3) is 0 Å². The maximum Gasteiger partial charge on any atom is 0.244 e. The van der Waals surface area contributed by atoms with Gasteiger partial charge in [-0.15, -0.1) is 11.6 Å². The van der Waals surface area contributed by atoms with E-state index in [1.165, 1.54) is 10.4 Å². The third-order valence-electron chi connectivity index (χ3n) is 2.14. The second-order valence-corrected chi connectivity index (χ2v) is 5.81. The van der Waals surface area contributed by atoms with Crippen LogP contribution in [-0.2, 0) is 10.0 Å². The number of rotatable bonds is 5. The Balaban J connectivity index is 3.15. The summed E-state index contributed by atoms with van der Waals surface area (Å²) in [6.07, 6.45) is 0. The molecule has 0 aliphatic rings. The summed E-state index contributed by atoms with van der Waals surface area (Å²) in [6, 6.07) is 6.39. The largest absolute Gasteiger partial charge is 0.244 e. The highest BCUT2D eigenvalue weighted by molar-refractivity contribution is 7.89. The summed E-state index contributed by atoms with van der Waals surface area (Å²) < 4.78 is 25.6. The molecule has 0 radical (unpaired) electrons. The van der Waals surface area contributed by atoms with Gasteiger partial charge in [-0.1, -0.05) is 30.7 Å². The highest BCUT2D eigenvalue weighted by Gasteiger charge is 2.24. The molecular formula is C10H13Cl2NO2S. The summed E-state index contributed by atoms with van der Waals surface area (Å²) in [5, 5.41) is 0.232. The topological polar surface area (TPSA) is 37.4 Å². The van der Waals surface area contributed by atoms with Gasteiger partial charge < -0.3 is 0 Å². The molecule has 1 aromatic rings. The molecule has 6 heteroatoms. The van der Waals surface area contributed by atoms with E-state index in [4.69, 9.17) is 23.2 Å². The Bertz CT molecular complexity index is 448. The molecule has 0 aliphatic carbocycles. The summed E-state index contributed by atoms with van der Waals surface area (Å²) >= 11 is 11.4. The van der Waals surface area contributed by atoms with Gasteiger partial charge in [-0.2, -0.15) is 4.31 Å². The third kappa shape index (κ3) is 2.88. The van der Waals surface area contributed by atoms with Crippen LogP contribution in [0.4, 0.5) is 0 Å². The van der Waals surface area contributed by atoms with Crippen molar-refractivity contribution < 1.29 is 8.42 Å². The summed E-state index contributed by atoms with van der Waals surface area (Å²) in [5.41, 5.74) is 0. The van der Waals surface area contributed by atoms with E-state index in [2.05, 4.69) is 0 Å². The van der Waals surface area contributed by atoms with Crippen LogP contribution in [0, 0.1) is 0 Å². The van der Waals surface area contributed by atoms with Crippen LogP contribution in [0.1, 0.15) is 6.92 Å². The lowest BCUT2D eigenvalue weighted by molar-refractivity contribution is 0.447. The SMILES string of the molecule is CCN(CCCl)S(=O)(=O)c1ccccc1Cl. The standard InChI is InChI=1S/C10H13Cl2NO2S/c1-2-13(8-7-11)16(14,15)10-6-4-3-5-9(10)12/h3-6H,2,7-8H2,1H3. The van der Waals surface area contributed by atoms with Crippen LogP contribution >= 0.6 is 23.2 Å². The van der Waals surface area contributed by atoms with Crippen molar-refractivity contribution in [1.82, 2.24) is 4.31 Å². The first-order valence-electron chi connectivity index (χ1n) is 4.84. The maximum absolute atomic E-state index is 12.2. The lowest BCUT2D eigenvalue weighted by Crippen LogP contribution is -2.32. The fourth-order valence-electron chi connectivity index (χ4n) is 1.34. The summed E-state index contributed by atoms with van der Waals surface area (Å²) in [6.45, 7) is 2.42. The quantitative estimate of drug-likeness (QED) is 0.778. The molecule has 16 heavy (non-hydrogen) atoms. The molecule has 0 heterocycles. The fraction of sp³-hybridized carbons (Fsp3) is 0.400. The second-order valence-electron chi connectivity index (χ2n) is 3.12. The number of alkyl halides is 1. The van der Waals surface area contributed by atoms with Gasteiger partial charge in [0.25, 0.3) is 0 Å². The highest BCUT2D eigenvalue weighted by atomic mass is 35.5. The maximum atomic E-state index is 12.2. The van der Waals surface area contributed by atoms with Crippen molar-refractivity contribution in [2.75, 3.05) is 19.0 Å². The normalized spacial score (nSPS) is 12.0. The highest BCUT2D eigenvalue weighted by Crippen LogP contribution is 2.23. The summed E-state index contributed by atoms with van der Waals surface area (Å²) in [7, 11) is -3.53. The van der Waals surface area contributed by atoms with E-state index in [0.29, 0.717) is 6.54 Å². The average molecular weight is 282 g/mol. The van der Waals surface area contributed by atoms with Gasteiger partial charge in [-0.25, -0.2) is 8.42 Å². The minimum Gasteiger partial charge on any atom is -0.207 e. The molecule has 0 bridgehead atoms. The Hall–Kier alpha value is -0.290. The van der Waals surface area contributed by atoms with Crippen molar-refractivity contribution in [1.29, 1.82) is 0 Å². The first-order valence-corrected chi connectivity index (χ1v) is 7.20. The Kier molecular flexibility index (Phi) is 5.05. The molecule has 0 amide bonds. The van der Waals surface area contributed by atoms with E-state index in [1.807, 2.05) is 0 Å². The zero-order valence-corrected chi connectivity index (χ0v) is 11.2. The number of hydrogen-bond acceptors (Lipinski definition) is 2. The lowest BCUT2D eigenvalue weighted by atomic mass is 10.4. The van der Waals surface area contributed by atoms with Crippen molar-refractivity contribution in [2.24, 2.45) is 0 Å². The molecule has 0 aliphatic heterocycles. The van der Waals surface area contributed by atoms with Gasteiger partial charge >= 0.3 is 0 Å². The molecule has 3 nitrogen and oxygen atoms in total. The van der Waals surface area contributed by atoms with Gasteiger partial charge in [-0.3, -0.25) is 0 Å². The van der Waals surface area contributed by atoms with E-state index in [9.17, 15) is 8.42 Å². The van der Waals surface area contributed by atoms with E-state index in [0.717, 1.165) is 0 Å². The Labute approximate surface area is 106 Å². The first-order chi connectivity index (χ1) is 7.54. The monoisotopic (exact) mass is 281 g/mol. The molecule has 0 N–H and O–H groups in total. The van der Waals surface area contributed by atoms with E-state index < -0.39 is 10.0 Å². The molecular weight excluding hydrogens is 269 g/mol. The Morgan fingerprint density at radius 1 is 1.31 bits per heavy atom. The van der Waals surface area contributed by atoms with Gasteiger partial charge in [0.1, 0.15) is 4.90 Å². The lowest BCUT2D eigenvalue weighted by Gasteiger charge is -2.19. The van der Waals surface area contributed by atoms with Gasteiger partial charge in [0.2, 0.25) is 10.0 Å². The predicted octanol–water partition coefficient (Wildman–Crippen LogP) is 2.59. The van der Waals surface area contributed by atoms with Gasteiger partial charge in [-0.05, 0) is 12.1 Å². The first kappa shape index (κ1) is 13.8. The average Bonchev–Trinajstić information content (AvgIpc) is 2.26. The molecule has 90 valence electrons. The van der Waals surface area contributed by atoms with Crippen LogP contribution in [0.5, 0.6) is 0 Å². The predicted molar refractivity (Wildman–Crippen MR) is 66.6 cm³/mol. The molecule has 0 saturated heterocycles. The van der Waals surface area contributed by atoms with Crippen molar-refractivity contribution in [3.05, 3.63) is 29.3 Å². The van der Waals surface area contributed by atoms with E-state index in [-0.39, 0.29) is 22.3 Å². The smallest absolute Gasteiger partial charge is 0.207 e. The van der Waals surface area contributed by atoms with E-state index in [1.54, 1.807) is 25.1 Å². The van der Waals surface area contributed by atoms with Crippen LogP contribution in [0.15, 0.2) is 29.2 Å². The summed E-state index contributed by atoms with van der Waals surface area (Å²) in [4.78, 5) is 0.128. The van der Waals surface area contributed by atoms with Gasteiger partial charge in [0.15, 0.2) is 0 Å². The molecule has 0 unspecified atom stereocenters. The number of sulfonamides is 1. The Morgan fingerprint density at radius 3 is 2.44 bits per heavy atom. The van der Waals surface area contributed by atoms with Crippen LogP contribution in [0.2, 0.25) is 5.02 Å². The van der Waals surface area contributed by atoms with Crippen molar-refractivity contribution in [3.63, 3.8) is 0 Å². The molecule has 0 saturated carbocycles. The van der Waals surface area contributed by atoms with Crippen molar-refractivity contribution >= 4 is 33.2 Å². The minimum absolute atomic E-state index is 0.128. The Morgan fingerprint density at radius 2 is 1.94 bits per heavy atom. The van der Waals surface area contributed by atoms with Crippen LogP contribution in [-0.4, -0.2) is 31.7 Å². The fourth-order valence-corrected chi connectivity index (χ4v) is 3.58. The number of halogens is 2. The van der Waals surface area contributed by atoms with E-state index >= 15 is 0 Å². The van der Waals surface area contributed by atoms with Gasteiger partial charge in [0.05, 0.1) is 5.02 Å². The summed E-state index contributed by atoms with van der Waals surface area (Å²) in [5.74, 6) is 0.261. The zero-order valence-electron chi connectivity index (χ0n) is 8.86. The second kappa shape index (κ2) is 5.87. The molecule has 0 fully saturated rings. The van der Waals surface area contributed by atoms with Gasteiger partial charge in [0, 0.05) is 19.0 Å².